The molecule has 1 aliphatic rings. The molecule has 1 aromatic rings. The second-order valence-corrected chi connectivity index (χ2v) is 3.93. The summed E-state index contributed by atoms with van der Waals surface area (Å²) >= 11 is 0. The van der Waals surface area contributed by atoms with Crippen LogP contribution in [0.4, 0.5) is 0 Å². The molecule has 4 nitrogen and oxygen atoms in total. The summed E-state index contributed by atoms with van der Waals surface area (Å²) in [6.07, 6.45) is 2.30. The van der Waals surface area contributed by atoms with Crippen molar-refractivity contribution in [1.82, 2.24) is 4.98 Å². The Bertz CT molecular complexity index is 429. The molecule has 0 radical (unpaired) electrons. The van der Waals surface area contributed by atoms with Gasteiger partial charge in [-0.15, -0.1) is 0 Å². The van der Waals surface area contributed by atoms with Crippen molar-refractivity contribution in [2.45, 2.75) is 33.1 Å². The number of rotatable bonds is 4. The third-order valence-electron chi connectivity index (χ3n) is 2.75. The number of aromatic nitrogens is 1. The fraction of sp³-hybridized carbons (Fsp3) is 0.538. The molecule has 17 heavy (non-hydrogen) atoms. The minimum atomic E-state index is 0.0914. The minimum absolute atomic E-state index is 0.0914. The van der Waals surface area contributed by atoms with E-state index in [2.05, 4.69) is 4.98 Å². The number of pyridine rings is 1. The highest BCUT2D eigenvalue weighted by Crippen LogP contribution is 2.31. The SMILES string of the molecule is CCOc1cc(OCC)c2c(n1)C(=O)CCC2. The van der Waals surface area contributed by atoms with E-state index in [1.807, 2.05) is 13.8 Å². The van der Waals surface area contributed by atoms with Crippen LogP contribution in [0.5, 0.6) is 11.6 Å². The molecule has 0 saturated heterocycles. The zero-order valence-corrected chi connectivity index (χ0v) is 10.3. The van der Waals surface area contributed by atoms with Crippen LogP contribution in [0.15, 0.2) is 6.07 Å². The molecule has 0 atom stereocenters. The van der Waals surface area contributed by atoms with Gasteiger partial charge in [0.15, 0.2) is 5.78 Å². The predicted molar refractivity (Wildman–Crippen MR) is 63.8 cm³/mol. The Kier molecular flexibility index (Phi) is 3.61. The second-order valence-electron chi connectivity index (χ2n) is 3.93. The van der Waals surface area contributed by atoms with E-state index in [1.54, 1.807) is 6.07 Å². The highest BCUT2D eigenvalue weighted by atomic mass is 16.5. The third kappa shape index (κ3) is 2.40. The summed E-state index contributed by atoms with van der Waals surface area (Å²) in [4.78, 5) is 16.1. The van der Waals surface area contributed by atoms with E-state index in [0.717, 1.165) is 24.2 Å². The van der Waals surface area contributed by atoms with Crippen molar-refractivity contribution in [3.63, 3.8) is 0 Å². The first kappa shape index (κ1) is 11.9. The maximum Gasteiger partial charge on any atom is 0.217 e. The summed E-state index contributed by atoms with van der Waals surface area (Å²) in [5.41, 5.74) is 1.47. The minimum Gasteiger partial charge on any atom is -0.493 e. The Morgan fingerprint density at radius 2 is 2.00 bits per heavy atom. The van der Waals surface area contributed by atoms with Gasteiger partial charge in [0, 0.05) is 18.1 Å². The first-order chi connectivity index (χ1) is 8.26. The smallest absolute Gasteiger partial charge is 0.217 e. The zero-order valence-electron chi connectivity index (χ0n) is 10.3. The molecule has 0 unspecified atom stereocenters. The Morgan fingerprint density at radius 3 is 2.71 bits per heavy atom. The molecule has 0 N–H and O–H groups in total. The lowest BCUT2D eigenvalue weighted by Gasteiger charge is -2.18. The van der Waals surface area contributed by atoms with Gasteiger partial charge in [-0.3, -0.25) is 4.79 Å². The van der Waals surface area contributed by atoms with Crippen LogP contribution in [-0.2, 0) is 6.42 Å². The number of fused-ring (bicyclic) bond motifs is 1. The van der Waals surface area contributed by atoms with Crippen molar-refractivity contribution in [1.29, 1.82) is 0 Å². The number of carbonyl (C=O) groups is 1. The molecule has 0 bridgehead atoms. The van der Waals surface area contributed by atoms with Gasteiger partial charge < -0.3 is 9.47 Å². The average molecular weight is 235 g/mol. The lowest BCUT2D eigenvalue weighted by molar-refractivity contribution is 0.0964. The van der Waals surface area contributed by atoms with Crippen LogP contribution >= 0.6 is 0 Å². The van der Waals surface area contributed by atoms with E-state index in [1.165, 1.54) is 0 Å². The van der Waals surface area contributed by atoms with Crippen LogP contribution in [0.25, 0.3) is 0 Å². The van der Waals surface area contributed by atoms with Crippen LogP contribution in [0, 0.1) is 0 Å². The highest BCUT2D eigenvalue weighted by Gasteiger charge is 2.23. The first-order valence-electron chi connectivity index (χ1n) is 6.09. The summed E-state index contributed by atoms with van der Waals surface area (Å²) in [6, 6.07) is 1.78. The molecule has 0 saturated carbocycles. The number of nitrogens with zero attached hydrogens (tertiary/aromatic N) is 1. The van der Waals surface area contributed by atoms with Crippen molar-refractivity contribution in [3.05, 3.63) is 17.3 Å². The number of carbonyl (C=O) groups excluding carboxylic acids is 1. The Balaban J connectivity index is 2.45. The van der Waals surface area contributed by atoms with Gasteiger partial charge in [-0.1, -0.05) is 0 Å². The summed E-state index contributed by atoms with van der Waals surface area (Å²) in [5.74, 6) is 1.31. The van der Waals surface area contributed by atoms with Gasteiger partial charge in [-0.05, 0) is 26.7 Å². The van der Waals surface area contributed by atoms with Crippen LogP contribution in [0.1, 0.15) is 42.7 Å². The zero-order chi connectivity index (χ0) is 12.3. The van der Waals surface area contributed by atoms with E-state index in [0.29, 0.717) is 31.2 Å². The first-order valence-corrected chi connectivity index (χ1v) is 6.09. The molecule has 92 valence electrons. The third-order valence-corrected chi connectivity index (χ3v) is 2.75. The Morgan fingerprint density at radius 1 is 1.24 bits per heavy atom. The van der Waals surface area contributed by atoms with Crippen LogP contribution in [-0.4, -0.2) is 24.0 Å². The highest BCUT2D eigenvalue weighted by molar-refractivity contribution is 5.97. The molecule has 2 rings (SSSR count). The predicted octanol–water partition coefficient (Wildman–Crippen LogP) is 2.40. The quantitative estimate of drug-likeness (QED) is 0.804. The number of ketones is 1. The largest absolute Gasteiger partial charge is 0.493 e. The molecule has 1 aliphatic carbocycles. The van der Waals surface area contributed by atoms with E-state index in [4.69, 9.17) is 9.47 Å². The molecule has 0 aliphatic heterocycles. The molecular formula is C13H17NO3. The molecule has 1 aromatic heterocycles. The van der Waals surface area contributed by atoms with E-state index in [-0.39, 0.29) is 5.78 Å². The fourth-order valence-corrected chi connectivity index (χ4v) is 2.05. The van der Waals surface area contributed by atoms with Gasteiger partial charge in [0.1, 0.15) is 11.4 Å². The molecule has 1 heterocycles. The van der Waals surface area contributed by atoms with Crippen LogP contribution in [0.3, 0.4) is 0 Å². The summed E-state index contributed by atoms with van der Waals surface area (Å²) < 4.78 is 10.9. The van der Waals surface area contributed by atoms with Crippen molar-refractivity contribution in [2.75, 3.05) is 13.2 Å². The molecule has 4 heteroatoms. The average Bonchev–Trinajstić information content (AvgIpc) is 2.31. The maximum atomic E-state index is 11.8. The van der Waals surface area contributed by atoms with Gasteiger partial charge in [0.2, 0.25) is 5.88 Å². The molecule has 0 spiro atoms. The summed E-state index contributed by atoms with van der Waals surface area (Å²) in [6.45, 7) is 4.93. The van der Waals surface area contributed by atoms with Gasteiger partial charge in [0.25, 0.3) is 0 Å². The Hall–Kier alpha value is -1.58. The van der Waals surface area contributed by atoms with Gasteiger partial charge in [-0.2, -0.15) is 0 Å². The van der Waals surface area contributed by atoms with E-state index in [9.17, 15) is 4.79 Å². The molecular weight excluding hydrogens is 218 g/mol. The maximum absolute atomic E-state index is 11.8. The van der Waals surface area contributed by atoms with Crippen molar-refractivity contribution in [3.8, 4) is 11.6 Å². The number of hydrogen-bond donors (Lipinski definition) is 0. The lowest BCUT2D eigenvalue weighted by Crippen LogP contribution is -2.15. The molecule has 0 aromatic carbocycles. The lowest BCUT2D eigenvalue weighted by atomic mass is 9.94. The van der Waals surface area contributed by atoms with E-state index >= 15 is 0 Å². The Labute approximate surface area is 101 Å². The van der Waals surface area contributed by atoms with Gasteiger partial charge in [0.05, 0.1) is 13.2 Å². The topological polar surface area (TPSA) is 48.4 Å². The standard InChI is InChI=1S/C13H17NO3/c1-3-16-11-8-12(17-4-2)14-13-9(11)6-5-7-10(13)15/h8H,3-7H2,1-2H3. The number of hydrogen-bond acceptors (Lipinski definition) is 4. The normalized spacial score (nSPS) is 14.4. The van der Waals surface area contributed by atoms with Crippen molar-refractivity contribution in [2.24, 2.45) is 0 Å². The summed E-state index contributed by atoms with van der Waals surface area (Å²) in [5, 5.41) is 0. The molecule has 0 amide bonds. The second kappa shape index (κ2) is 5.17. The van der Waals surface area contributed by atoms with E-state index < -0.39 is 0 Å². The molecule has 0 fully saturated rings. The monoisotopic (exact) mass is 235 g/mol. The van der Waals surface area contributed by atoms with Crippen molar-refractivity contribution >= 4 is 5.78 Å². The van der Waals surface area contributed by atoms with Gasteiger partial charge in [-0.25, -0.2) is 4.98 Å². The van der Waals surface area contributed by atoms with Crippen molar-refractivity contribution < 1.29 is 14.3 Å². The van der Waals surface area contributed by atoms with Crippen LogP contribution < -0.4 is 9.47 Å². The fourth-order valence-electron chi connectivity index (χ4n) is 2.05. The number of ether oxygens (including phenoxy) is 2. The summed E-state index contributed by atoms with van der Waals surface area (Å²) in [7, 11) is 0. The van der Waals surface area contributed by atoms with Gasteiger partial charge >= 0.3 is 0 Å². The number of Topliss-reactive ketones (excluding diaryl/α,β-unsaturated/α-hetero) is 1. The van der Waals surface area contributed by atoms with Crippen LogP contribution in [0.2, 0.25) is 0 Å².